The predicted octanol–water partition coefficient (Wildman–Crippen LogP) is 17.0. The predicted molar refractivity (Wildman–Crippen MR) is 339 cm³/mol. The van der Waals surface area contributed by atoms with Gasteiger partial charge in [0.25, 0.3) is 0 Å². The fourth-order valence-corrected chi connectivity index (χ4v) is 11.9. The molecule has 8 N–H and O–H groups in total. The zero-order valence-electron chi connectivity index (χ0n) is 53.3. The Kier molecular flexibility index (Phi) is 56.9. The fraction of sp³-hybridized carbons (Fsp3) is 0.957. The van der Waals surface area contributed by atoms with Gasteiger partial charge < -0.3 is 50.5 Å². The molecular weight excluding hydrogens is 1010 g/mol. The van der Waals surface area contributed by atoms with Crippen molar-refractivity contribution in [3.63, 3.8) is 0 Å². The van der Waals surface area contributed by atoms with E-state index >= 15 is 0 Å². The number of aliphatic hydroxyl groups excluding tert-OH is 7. The number of carbonyl (C=O) groups is 1. The molecule has 0 spiro atoms. The Hall–Kier alpha value is -1.15. The van der Waals surface area contributed by atoms with Gasteiger partial charge in [-0.3, -0.25) is 4.79 Å². The van der Waals surface area contributed by atoms with Gasteiger partial charge in [-0.05, 0) is 38.5 Å². The summed E-state index contributed by atoms with van der Waals surface area (Å²) < 4.78 is 11.2. The van der Waals surface area contributed by atoms with Crippen molar-refractivity contribution in [3.8, 4) is 0 Å². The van der Waals surface area contributed by atoms with Gasteiger partial charge in [-0.25, -0.2) is 0 Å². The summed E-state index contributed by atoms with van der Waals surface area (Å²) in [5.74, 6) is -0.698. The number of carbonyl (C=O) groups excluding carboxylic acids is 1. The molecule has 0 aliphatic carbocycles. The van der Waals surface area contributed by atoms with Crippen LogP contribution in [0.4, 0.5) is 0 Å². The van der Waals surface area contributed by atoms with E-state index in [0.717, 1.165) is 38.5 Å². The zero-order chi connectivity index (χ0) is 58.9. The van der Waals surface area contributed by atoms with Gasteiger partial charge in [0.15, 0.2) is 6.29 Å². The van der Waals surface area contributed by atoms with Crippen LogP contribution in [0.15, 0.2) is 12.2 Å². The first-order valence-corrected chi connectivity index (χ1v) is 35.6. The smallest absolute Gasteiger partial charge is 0.249 e. The number of hydrogen-bond acceptors (Lipinski definition) is 10. The van der Waals surface area contributed by atoms with Crippen molar-refractivity contribution in [3.05, 3.63) is 12.2 Å². The normalized spacial score (nSPS) is 19.1. The van der Waals surface area contributed by atoms with Crippen LogP contribution in [0.25, 0.3) is 0 Å². The highest BCUT2D eigenvalue weighted by Gasteiger charge is 2.44. The molecule has 0 saturated carbocycles. The SMILES string of the molecule is CCCCCCCCCCCCCCCCCCC/C=C/CCCC(O)C(O)C(COC1OC(CO)C(O)C(O)C1O)NC(=O)C(O)CCCCCCCCCCCCCCCCCCCCCCCCCCCCCCCCCC. The van der Waals surface area contributed by atoms with Crippen LogP contribution in [0.5, 0.6) is 0 Å². The Labute approximate surface area is 500 Å². The molecule has 1 aliphatic heterocycles. The third-order valence-corrected chi connectivity index (χ3v) is 17.6. The molecule has 1 fully saturated rings. The van der Waals surface area contributed by atoms with E-state index in [1.165, 1.54) is 283 Å². The second-order valence-corrected chi connectivity index (χ2v) is 25.3. The molecule has 11 nitrogen and oxygen atoms in total. The second kappa shape index (κ2) is 59.2. The molecule has 9 atom stereocenters. The van der Waals surface area contributed by atoms with Crippen LogP contribution in [-0.4, -0.2) is 110 Å². The summed E-state index contributed by atoms with van der Waals surface area (Å²) in [7, 11) is 0. The first kappa shape index (κ1) is 77.9. The summed E-state index contributed by atoms with van der Waals surface area (Å²) >= 11 is 0. The van der Waals surface area contributed by atoms with E-state index in [0.29, 0.717) is 12.8 Å². The van der Waals surface area contributed by atoms with Crippen LogP contribution in [0, 0.1) is 0 Å². The summed E-state index contributed by atoms with van der Waals surface area (Å²) in [4.78, 5) is 13.2. The van der Waals surface area contributed by atoms with E-state index in [1.54, 1.807) is 0 Å². The number of aliphatic hydroxyl groups is 7. The molecule has 11 heteroatoms. The molecule has 1 aliphatic rings. The lowest BCUT2D eigenvalue weighted by molar-refractivity contribution is -0.303. The van der Waals surface area contributed by atoms with Gasteiger partial charge in [0, 0.05) is 0 Å². The fourth-order valence-electron chi connectivity index (χ4n) is 11.9. The van der Waals surface area contributed by atoms with Crippen molar-refractivity contribution in [1.29, 1.82) is 0 Å². The molecule has 0 bridgehead atoms. The quantitative estimate of drug-likeness (QED) is 0.0215. The van der Waals surface area contributed by atoms with Crippen molar-refractivity contribution < 1.29 is 50.0 Å². The van der Waals surface area contributed by atoms with Gasteiger partial charge in [-0.1, -0.05) is 334 Å². The van der Waals surface area contributed by atoms with E-state index < -0.39 is 74.2 Å². The van der Waals surface area contributed by atoms with E-state index in [1.807, 2.05) is 0 Å². The molecule has 1 rings (SSSR count). The number of ether oxygens (including phenoxy) is 2. The number of unbranched alkanes of at least 4 members (excludes halogenated alkanes) is 49. The van der Waals surface area contributed by atoms with Gasteiger partial charge in [-0.2, -0.15) is 0 Å². The van der Waals surface area contributed by atoms with E-state index in [2.05, 4.69) is 31.3 Å². The Morgan fingerprint density at radius 3 is 1.06 bits per heavy atom. The molecule has 1 amide bonds. The van der Waals surface area contributed by atoms with Crippen LogP contribution in [-0.2, 0) is 14.3 Å². The molecule has 1 heterocycles. The number of nitrogens with one attached hydrogen (secondary N) is 1. The second-order valence-electron chi connectivity index (χ2n) is 25.3. The van der Waals surface area contributed by atoms with E-state index in [9.17, 15) is 40.5 Å². The molecule has 1 saturated heterocycles. The van der Waals surface area contributed by atoms with Gasteiger partial charge in [0.2, 0.25) is 5.91 Å². The van der Waals surface area contributed by atoms with Crippen molar-refractivity contribution in [2.24, 2.45) is 0 Å². The minimum Gasteiger partial charge on any atom is -0.394 e. The van der Waals surface area contributed by atoms with Crippen LogP contribution in [0.1, 0.15) is 361 Å². The number of allylic oxidation sites excluding steroid dienone is 2. The lowest BCUT2D eigenvalue weighted by Gasteiger charge is -2.40. The summed E-state index contributed by atoms with van der Waals surface area (Å²) in [5, 5.41) is 76.5. The average Bonchev–Trinajstić information content (AvgIpc) is 3.49. The van der Waals surface area contributed by atoms with Crippen molar-refractivity contribution in [2.75, 3.05) is 13.2 Å². The van der Waals surface area contributed by atoms with E-state index in [-0.39, 0.29) is 12.8 Å². The molecule has 9 unspecified atom stereocenters. The van der Waals surface area contributed by atoms with Crippen LogP contribution in [0.3, 0.4) is 0 Å². The Balaban J connectivity index is 2.18. The number of hydrogen-bond donors (Lipinski definition) is 8. The maximum atomic E-state index is 13.2. The maximum Gasteiger partial charge on any atom is 0.249 e. The monoisotopic (exact) mass is 1150 g/mol. The molecule has 0 aromatic carbocycles. The lowest BCUT2D eigenvalue weighted by atomic mass is 9.98. The van der Waals surface area contributed by atoms with Crippen molar-refractivity contribution in [2.45, 2.75) is 416 Å². The number of amides is 1. The third kappa shape index (κ3) is 46.7. The average molecular weight is 1150 g/mol. The van der Waals surface area contributed by atoms with Crippen molar-refractivity contribution in [1.82, 2.24) is 5.32 Å². The molecule has 482 valence electrons. The van der Waals surface area contributed by atoms with Crippen molar-refractivity contribution >= 4 is 5.91 Å². The topological polar surface area (TPSA) is 189 Å². The summed E-state index contributed by atoms with van der Waals surface area (Å²) in [6.45, 7) is 3.51. The molecule has 81 heavy (non-hydrogen) atoms. The zero-order valence-corrected chi connectivity index (χ0v) is 53.3. The largest absolute Gasteiger partial charge is 0.394 e. The first-order valence-electron chi connectivity index (χ1n) is 35.6. The standard InChI is InChI=1S/C70H137NO10/c1-3-5-7-9-11-13-15-17-19-21-23-25-27-28-29-30-31-32-33-34-35-36-38-40-42-44-46-48-50-52-54-56-58-63(74)69(79)71-61(60-80-70-68(78)67(77)66(76)64(59-72)81-70)65(75)62(73)57-55-53-51-49-47-45-43-41-39-37-26-24-22-20-18-16-14-12-10-8-6-4-2/h49,51,61-68,70,72-78H,3-48,50,52-60H2,1-2H3,(H,71,79)/b51-49+. The highest BCUT2D eigenvalue weighted by Crippen LogP contribution is 2.24. The first-order chi connectivity index (χ1) is 39.7. The minimum absolute atomic E-state index is 0.260. The maximum absolute atomic E-state index is 13.2. The highest BCUT2D eigenvalue weighted by molar-refractivity contribution is 5.80. The molecule has 0 aromatic heterocycles. The van der Waals surface area contributed by atoms with Crippen LogP contribution in [0.2, 0.25) is 0 Å². The minimum atomic E-state index is -1.67. The Bertz CT molecular complexity index is 1320. The third-order valence-electron chi connectivity index (χ3n) is 17.6. The Morgan fingerprint density at radius 2 is 0.728 bits per heavy atom. The molecule has 0 radical (unpaired) electrons. The highest BCUT2D eigenvalue weighted by atomic mass is 16.7. The van der Waals surface area contributed by atoms with Gasteiger partial charge in [0.05, 0.1) is 25.4 Å². The number of rotatable bonds is 63. The van der Waals surface area contributed by atoms with Gasteiger partial charge in [0.1, 0.15) is 36.6 Å². The van der Waals surface area contributed by atoms with Gasteiger partial charge >= 0.3 is 0 Å². The van der Waals surface area contributed by atoms with Crippen LogP contribution >= 0.6 is 0 Å². The van der Waals surface area contributed by atoms with Crippen LogP contribution < -0.4 is 5.32 Å². The van der Waals surface area contributed by atoms with Gasteiger partial charge in [-0.15, -0.1) is 0 Å². The van der Waals surface area contributed by atoms with E-state index in [4.69, 9.17) is 9.47 Å². The summed E-state index contributed by atoms with van der Waals surface area (Å²) in [6, 6.07) is -1.18. The summed E-state index contributed by atoms with van der Waals surface area (Å²) in [6.07, 6.45) is 61.6. The molecule has 0 aromatic rings. The Morgan fingerprint density at radius 1 is 0.420 bits per heavy atom. The molecular formula is C70H137NO10. The lowest BCUT2D eigenvalue weighted by Crippen LogP contribution is -2.60. The summed E-state index contributed by atoms with van der Waals surface area (Å²) in [5.41, 5.74) is 0.